The number of benzene rings is 1. The third kappa shape index (κ3) is 5.27. The Bertz CT molecular complexity index is 581. The highest BCUT2D eigenvalue weighted by molar-refractivity contribution is 6.34. The second-order valence-electron chi connectivity index (χ2n) is 5.31. The van der Waals surface area contributed by atoms with Crippen molar-refractivity contribution < 1.29 is 9.15 Å². The Labute approximate surface area is 135 Å². The molecular weight excluding hydrogens is 309 g/mol. The van der Waals surface area contributed by atoms with Crippen molar-refractivity contribution in [3.63, 3.8) is 0 Å². The minimum atomic E-state index is 0.324. The maximum Gasteiger partial charge on any atom is 0.146 e. The Balaban J connectivity index is 1.86. The summed E-state index contributed by atoms with van der Waals surface area (Å²) in [5.74, 6) is 1.94. The third-order valence-corrected chi connectivity index (χ3v) is 3.40. The average molecular weight is 328 g/mol. The van der Waals surface area contributed by atoms with E-state index in [2.05, 4.69) is 19.2 Å². The van der Waals surface area contributed by atoms with Gasteiger partial charge in [-0.3, -0.25) is 0 Å². The fourth-order valence-electron chi connectivity index (χ4n) is 1.84. The lowest BCUT2D eigenvalue weighted by molar-refractivity contribution is 0.270. The molecule has 2 rings (SSSR count). The Kier molecular flexibility index (Phi) is 5.97. The van der Waals surface area contributed by atoms with Gasteiger partial charge in [-0.2, -0.15) is 0 Å². The van der Waals surface area contributed by atoms with E-state index in [9.17, 15) is 0 Å². The molecular formula is C16H19Cl2NO2. The lowest BCUT2D eigenvalue weighted by Crippen LogP contribution is -2.18. The van der Waals surface area contributed by atoms with Crippen LogP contribution in [0.4, 0.5) is 0 Å². The first kappa shape index (κ1) is 16.2. The van der Waals surface area contributed by atoms with Gasteiger partial charge in [0, 0.05) is 23.2 Å². The third-order valence-electron chi connectivity index (χ3n) is 2.85. The molecule has 0 amide bonds. The molecule has 2 aromatic rings. The molecule has 3 nitrogen and oxygen atoms in total. The van der Waals surface area contributed by atoms with Crippen LogP contribution in [0.1, 0.15) is 25.2 Å². The molecule has 0 aliphatic rings. The van der Waals surface area contributed by atoms with Crippen LogP contribution in [0.5, 0.6) is 5.75 Å². The van der Waals surface area contributed by atoms with E-state index >= 15 is 0 Å². The summed E-state index contributed by atoms with van der Waals surface area (Å²) in [6.07, 6.45) is 1.74. The first-order valence-corrected chi connectivity index (χ1v) is 7.65. The molecule has 0 atom stereocenters. The highest BCUT2D eigenvalue weighted by atomic mass is 35.5. The molecule has 0 bridgehead atoms. The van der Waals surface area contributed by atoms with E-state index in [1.807, 2.05) is 6.07 Å². The second-order valence-corrected chi connectivity index (χ2v) is 6.15. The van der Waals surface area contributed by atoms with Crippen LogP contribution in [0.15, 0.2) is 34.9 Å². The Morgan fingerprint density at radius 1 is 1.24 bits per heavy atom. The van der Waals surface area contributed by atoms with Crippen molar-refractivity contribution >= 4 is 23.2 Å². The Morgan fingerprint density at radius 3 is 2.81 bits per heavy atom. The van der Waals surface area contributed by atoms with Gasteiger partial charge in [0.1, 0.15) is 18.1 Å². The van der Waals surface area contributed by atoms with E-state index in [4.69, 9.17) is 32.4 Å². The summed E-state index contributed by atoms with van der Waals surface area (Å²) in [5, 5.41) is 4.49. The summed E-state index contributed by atoms with van der Waals surface area (Å²) >= 11 is 12.0. The van der Waals surface area contributed by atoms with Crippen molar-refractivity contribution in [1.29, 1.82) is 0 Å². The number of furan rings is 1. The van der Waals surface area contributed by atoms with Gasteiger partial charge in [-0.25, -0.2) is 0 Å². The monoisotopic (exact) mass is 327 g/mol. The second kappa shape index (κ2) is 7.74. The molecule has 1 heterocycles. The molecule has 0 aliphatic carbocycles. The van der Waals surface area contributed by atoms with Crippen molar-refractivity contribution in [2.75, 3.05) is 6.54 Å². The molecule has 114 valence electrons. The van der Waals surface area contributed by atoms with Crippen LogP contribution >= 0.6 is 23.2 Å². The number of hydrogen-bond donors (Lipinski definition) is 1. The van der Waals surface area contributed by atoms with Gasteiger partial charge in [0.05, 0.1) is 11.3 Å². The van der Waals surface area contributed by atoms with Gasteiger partial charge in [0.2, 0.25) is 0 Å². The normalized spacial score (nSPS) is 11.1. The van der Waals surface area contributed by atoms with Crippen molar-refractivity contribution in [3.8, 4) is 5.75 Å². The standard InChI is InChI=1S/C16H19Cl2NO2/c1-11(2)7-19-8-12-5-14(20-9-12)10-21-16-6-13(17)3-4-15(16)18/h3-6,9,11,19H,7-8,10H2,1-2H3. The zero-order chi connectivity index (χ0) is 15.2. The van der Waals surface area contributed by atoms with Crippen LogP contribution in [0.3, 0.4) is 0 Å². The molecule has 0 spiro atoms. The summed E-state index contributed by atoms with van der Waals surface area (Å²) < 4.78 is 11.1. The van der Waals surface area contributed by atoms with Crippen molar-refractivity contribution in [1.82, 2.24) is 5.32 Å². The Hall–Kier alpha value is -1.16. The van der Waals surface area contributed by atoms with E-state index < -0.39 is 0 Å². The predicted molar refractivity (Wildman–Crippen MR) is 86.0 cm³/mol. The first-order chi connectivity index (χ1) is 10.0. The van der Waals surface area contributed by atoms with Gasteiger partial charge < -0.3 is 14.5 Å². The average Bonchev–Trinajstić information content (AvgIpc) is 2.87. The number of ether oxygens (including phenoxy) is 1. The minimum Gasteiger partial charge on any atom is -0.484 e. The molecule has 0 unspecified atom stereocenters. The van der Waals surface area contributed by atoms with Gasteiger partial charge in [-0.05, 0) is 30.7 Å². The summed E-state index contributed by atoms with van der Waals surface area (Å²) in [5.41, 5.74) is 1.10. The number of rotatable bonds is 7. The van der Waals surface area contributed by atoms with Crippen LogP contribution in [-0.2, 0) is 13.2 Å². The molecule has 5 heteroatoms. The molecule has 1 aromatic carbocycles. The van der Waals surface area contributed by atoms with E-state index in [1.54, 1.807) is 24.5 Å². The van der Waals surface area contributed by atoms with Gasteiger partial charge in [0.25, 0.3) is 0 Å². The largest absolute Gasteiger partial charge is 0.484 e. The maximum atomic E-state index is 6.04. The van der Waals surface area contributed by atoms with Crippen LogP contribution in [0.25, 0.3) is 0 Å². The van der Waals surface area contributed by atoms with E-state index in [1.165, 1.54) is 0 Å². The fraction of sp³-hybridized carbons (Fsp3) is 0.375. The smallest absolute Gasteiger partial charge is 0.146 e. The van der Waals surface area contributed by atoms with Crippen LogP contribution in [0.2, 0.25) is 10.0 Å². The molecule has 21 heavy (non-hydrogen) atoms. The summed E-state index contributed by atoms with van der Waals surface area (Å²) in [7, 11) is 0. The van der Waals surface area contributed by atoms with Crippen LogP contribution in [0, 0.1) is 5.92 Å². The molecule has 0 fully saturated rings. The van der Waals surface area contributed by atoms with Crippen LogP contribution in [-0.4, -0.2) is 6.54 Å². The highest BCUT2D eigenvalue weighted by Gasteiger charge is 2.06. The number of nitrogens with one attached hydrogen (secondary N) is 1. The summed E-state index contributed by atoms with van der Waals surface area (Å²) in [4.78, 5) is 0. The highest BCUT2D eigenvalue weighted by Crippen LogP contribution is 2.28. The molecule has 1 aromatic heterocycles. The van der Waals surface area contributed by atoms with Gasteiger partial charge in [-0.1, -0.05) is 37.0 Å². The molecule has 0 saturated heterocycles. The predicted octanol–water partition coefficient (Wildman–Crippen LogP) is 4.91. The van der Waals surface area contributed by atoms with Gasteiger partial charge in [-0.15, -0.1) is 0 Å². The van der Waals surface area contributed by atoms with Crippen molar-refractivity contribution in [2.45, 2.75) is 27.0 Å². The number of halogens is 2. The lowest BCUT2D eigenvalue weighted by Gasteiger charge is -2.06. The van der Waals surface area contributed by atoms with Gasteiger partial charge in [0.15, 0.2) is 0 Å². The quantitative estimate of drug-likeness (QED) is 0.784. The van der Waals surface area contributed by atoms with Crippen molar-refractivity contribution in [2.24, 2.45) is 5.92 Å². The zero-order valence-corrected chi connectivity index (χ0v) is 13.7. The van der Waals surface area contributed by atoms with Crippen molar-refractivity contribution in [3.05, 3.63) is 51.9 Å². The Morgan fingerprint density at radius 2 is 2.05 bits per heavy atom. The summed E-state index contributed by atoms with van der Waals surface area (Å²) in [6.45, 7) is 6.45. The maximum absolute atomic E-state index is 6.04. The van der Waals surface area contributed by atoms with E-state index in [0.717, 1.165) is 24.4 Å². The van der Waals surface area contributed by atoms with E-state index in [-0.39, 0.29) is 0 Å². The lowest BCUT2D eigenvalue weighted by atomic mass is 10.2. The zero-order valence-electron chi connectivity index (χ0n) is 12.2. The fourth-order valence-corrected chi connectivity index (χ4v) is 2.17. The van der Waals surface area contributed by atoms with Crippen LogP contribution < -0.4 is 10.1 Å². The first-order valence-electron chi connectivity index (χ1n) is 6.89. The molecule has 1 N–H and O–H groups in total. The molecule has 0 saturated carbocycles. The van der Waals surface area contributed by atoms with Gasteiger partial charge >= 0.3 is 0 Å². The summed E-state index contributed by atoms with van der Waals surface area (Å²) in [6, 6.07) is 7.11. The molecule has 0 radical (unpaired) electrons. The minimum absolute atomic E-state index is 0.324. The topological polar surface area (TPSA) is 34.4 Å². The number of hydrogen-bond acceptors (Lipinski definition) is 3. The SMILES string of the molecule is CC(C)CNCc1coc(COc2cc(Cl)ccc2Cl)c1. The molecule has 0 aliphatic heterocycles. The van der Waals surface area contributed by atoms with E-state index in [0.29, 0.717) is 28.3 Å².